The van der Waals surface area contributed by atoms with Gasteiger partial charge in [0.15, 0.2) is 0 Å². The standard InChI is InChI=1S/C16H20FN3O/c1-10(2)9-20-16(21)13(8-18)7-15(19-20)12-4-5-14(17)11(3)6-12/h4-7,10H,8-9,18H2,1-3H3. The van der Waals surface area contributed by atoms with E-state index in [-0.39, 0.29) is 17.9 Å². The minimum absolute atomic E-state index is 0.159. The van der Waals surface area contributed by atoms with Gasteiger partial charge < -0.3 is 5.73 Å². The molecule has 0 aliphatic heterocycles. The molecular weight excluding hydrogens is 269 g/mol. The minimum atomic E-state index is -0.256. The number of rotatable bonds is 4. The van der Waals surface area contributed by atoms with Gasteiger partial charge in [0.1, 0.15) is 5.82 Å². The first-order chi connectivity index (χ1) is 9.92. The van der Waals surface area contributed by atoms with E-state index >= 15 is 0 Å². The van der Waals surface area contributed by atoms with E-state index in [1.807, 2.05) is 13.8 Å². The van der Waals surface area contributed by atoms with Crippen molar-refractivity contribution in [1.29, 1.82) is 0 Å². The average Bonchev–Trinajstić information content (AvgIpc) is 2.43. The molecule has 0 amide bonds. The number of aromatic nitrogens is 2. The van der Waals surface area contributed by atoms with E-state index in [0.29, 0.717) is 29.3 Å². The predicted octanol–water partition coefficient (Wildman–Crippen LogP) is 2.47. The number of hydrogen-bond acceptors (Lipinski definition) is 3. The minimum Gasteiger partial charge on any atom is -0.326 e. The third kappa shape index (κ3) is 3.36. The van der Waals surface area contributed by atoms with Crippen LogP contribution in [0, 0.1) is 18.7 Å². The van der Waals surface area contributed by atoms with Gasteiger partial charge in [0.2, 0.25) is 0 Å². The summed E-state index contributed by atoms with van der Waals surface area (Å²) in [5.41, 5.74) is 7.97. The van der Waals surface area contributed by atoms with Crippen LogP contribution in [0.2, 0.25) is 0 Å². The van der Waals surface area contributed by atoms with Crippen molar-refractivity contribution in [3.63, 3.8) is 0 Å². The van der Waals surface area contributed by atoms with Crippen molar-refractivity contribution in [1.82, 2.24) is 9.78 Å². The van der Waals surface area contributed by atoms with Crippen molar-refractivity contribution in [2.45, 2.75) is 33.9 Å². The molecule has 5 heteroatoms. The fourth-order valence-electron chi connectivity index (χ4n) is 2.16. The van der Waals surface area contributed by atoms with Gasteiger partial charge in [-0.15, -0.1) is 0 Å². The monoisotopic (exact) mass is 289 g/mol. The number of benzene rings is 1. The summed E-state index contributed by atoms with van der Waals surface area (Å²) in [6, 6.07) is 6.48. The SMILES string of the molecule is Cc1cc(-c2cc(CN)c(=O)n(CC(C)C)n2)ccc1F. The maximum absolute atomic E-state index is 13.4. The summed E-state index contributed by atoms with van der Waals surface area (Å²) in [6.07, 6.45) is 0. The molecule has 0 aliphatic carbocycles. The maximum Gasteiger partial charge on any atom is 0.271 e. The van der Waals surface area contributed by atoms with Crippen LogP contribution in [-0.4, -0.2) is 9.78 Å². The third-order valence-electron chi connectivity index (χ3n) is 3.26. The fourth-order valence-corrected chi connectivity index (χ4v) is 2.16. The Morgan fingerprint density at radius 3 is 2.62 bits per heavy atom. The van der Waals surface area contributed by atoms with Gasteiger partial charge in [0.05, 0.1) is 5.69 Å². The topological polar surface area (TPSA) is 60.9 Å². The van der Waals surface area contributed by atoms with Gasteiger partial charge in [0.25, 0.3) is 5.56 Å². The summed E-state index contributed by atoms with van der Waals surface area (Å²) >= 11 is 0. The Kier molecular flexibility index (Phi) is 4.53. The van der Waals surface area contributed by atoms with Crippen LogP contribution in [0.1, 0.15) is 25.0 Å². The highest BCUT2D eigenvalue weighted by Gasteiger charge is 2.11. The highest BCUT2D eigenvalue weighted by molar-refractivity contribution is 5.60. The van der Waals surface area contributed by atoms with E-state index in [9.17, 15) is 9.18 Å². The molecule has 2 aromatic rings. The molecule has 0 atom stereocenters. The number of halogens is 1. The Hall–Kier alpha value is -2.01. The number of nitrogens with zero attached hydrogens (tertiary/aromatic N) is 2. The normalized spacial score (nSPS) is 11.1. The molecule has 1 aromatic heterocycles. The van der Waals surface area contributed by atoms with Gasteiger partial charge in [-0.05, 0) is 42.7 Å². The van der Waals surface area contributed by atoms with Gasteiger partial charge in [0, 0.05) is 24.2 Å². The summed E-state index contributed by atoms with van der Waals surface area (Å²) in [6.45, 7) is 6.43. The number of hydrogen-bond donors (Lipinski definition) is 1. The molecule has 0 unspecified atom stereocenters. The van der Waals surface area contributed by atoms with Crippen molar-refractivity contribution in [2.24, 2.45) is 11.7 Å². The maximum atomic E-state index is 13.4. The zero-order valence-corrected chi connectivity index (χ0v) is 12.6. The molecule has 0 fully saturated rings. The third-order valence-corrected chi connectivity index (χ3v) is 3.26. The molecule has 0 aliphatic rings. The Balaban J connectivity index is 2.57. The number of nitrogens with two attached hydrogens (primary N) is 1. The van der Waals surface area contributed by atoms with E-state index in [2.05, 4.69) is 5.10 Å². The second kappa shape index (κ2) is 6.18. The summed E-state index contributed by atoms with van der Waals surface area (Å²) < 4.78 is 14.8. The smallest absolute Gasteiger partial charge is 0.271 e. The van der Waals surface area contributed by atoms with Crippen LogP contribution in [-0.2, 0) is 13.1 Å². The molecule has 112 valence electrons. The van der Waals surface area contributed by atoms with E-state index < -0.39 is 0 Å². The van der Waals surface area contributed by atoms with Crippen LogP contribution in [0.25, 0.3) is 11.3 Å². The molecule has 2 N–H and O–H groups in total. The lowest BCUT2D eigenvalue weighted by atomic mass is 10.1. The first kappa shape index (κ1) is 15.4. The Bertz CT molecular complexity index is 707. The van der Waals surface area contributed by atoms with E-state index in [4.69, 9.17) is 5.73 Å². The highest BCUT2D eigenvalue weighted by atomic mass is 19.1. The zero-order valence-electron chi connectivity index (χ0n) is 12.6. The Labute approximate surface area is 123 Å². The van der Waals surface area contributed by atoms with E-state index in [0.717, 1.165) is 5.56 Å². The first-order valence-corrected chi connectivity index (χ1v) is 7.00. The molecular formula is C16H20FN3O. The van der Waals surface area contributed by atoms with Gasteiger partial charge in [-0.25, -0.2) is 9.07 Å². The van der Waals surface area contributed by atoms with Crippen molar-refractivity contribution >= 4 is 0 Å². The Morgan fingerprint density at radius 2 is 2.05 bits per heavy atom. The second-order valence-corrected chi connectivity index (χ2v) is 5.60. The van der Waals surface area contributed by atoms with Gasteiger partial charge >= 0.3 is 0 Å². The van der Waals surface area contributed by atoms with Crippen LogP contribution in [0.15, 0.2) is 29.1 Å². The average molecular weight is 289 g/mol. The lowest BCUT2D eigenvalue weighted by molar-refractivity contribution is 0.462. The van der Waals surface area contributed by atoms with E-state index in [1.165, 1.54) is 10.7 Å². The van der Waals surface area contributed by atoms with Crippen LogP contribution >= 0.6 is 0 Å². The van der Waals surface area contributed by atoms with Crippen LogP contribution < -0.4 is 11.3 Å². The summed E-state index contributed by atoms with van der Waals surface area (Å²) in [5.74, 6) is 0.0410. The summed E-state index contributed by atoms with van der Waals surface area (Å²) in [7, 11) is 0. The van der Waals surface area contributed by atoms with Gasteiger partial charge in [-0.1, -0.05) is 13.8 Å². The molecule has 0 bridgehead atoms. The molecule has 1 aromatic carbocycles. The molecule has 0 spiro atoms. The summed E-state index contributed by atoms with van der Waals surface area (Å²) in [5, 5.41) is 4.39. The van der Waals surface area contributed by atoms with Crippen LogP contribution in [0.3, 0.4) is 0 Å². The van der Waals surface area contributed by atoms with Gasteiger partial charge in [-0.3, -0.25) is 4.79 Å². The molecule has 0 saturated heterocycles. The highest BCUT2D eigenvalue weighted by Crippen LogP contribution is 2.20. The van der Waals surface area contributed by atoms with Gasteiger partial charge in [-0.2, -0.15) is 5.10 Å². The molecule has 0 saturated carbocycles. The fraction of sp³-hybridized carbons (Fsp3) is 0.375. The van der Waals surface area contributed by atoms with Crippen LogP contribution in [0.5, 0.6) is 0 Å². The molecule has 4 nitrogen and oxygen atoms in total. The molecule has 0 radical (unpaired) electrons. The lowest BCUT2D eigenvalue weighted by Crippen LogP contribution is -2.29. The molecule has 2 rings (SSSR count). The second-order valence-electron chi connectivity index (χ2n) is 5.60. The number of aryl methyl sites for hydroxylation is 1. The lowest BCUT2D eigenvalue weighted by Gasteiger charge is -2.12. The summed E-state index contributed by atoms with van der Waals surface area (Å²) in [4.78, 5) is 12.2. The van der Waals surface area contributed by atoms with Crippen molar-refractivity contribution < 1.29 is 4.39 Å². The quantitative estimate of drug-likeness (QED) is 0.940. The molecule has 1 heterocycles. The van der Waals surface area contributed by atoms with Crippen molar-refractivity contribution in [2.75, 3.05) is 0 Å². The largest absolute Gasteiger partial charge is 0.326 e. The molecule has 21 heavy (non-hydrogen) atoms. The predicted molar refractivity (Wildman–Crippen MR) is 81.4 cm³/mol. The van der Waals surface area contributed by atoms with Crippen LogP contribution in [0.4, 0.5) is 4.39 Å². The first-order valence-electron chi connectivity index (χ1n) is 7.00. The van der Waals surface area contributed by atoms with Crippen molar-refractivity contribution in [3.8, 4) is 11.3 Å². The zero-order chi connectivity index (χ0) is 15.6. The van der Waals surface area contributed by atoms with E-state index in [1.54, 1.807) is 25.1 Å². The Morgan fingerprint density at radius 1 is 1.33 bits per heavy atom. The van der Waals surface area contributed by atoms with Crippen molar-refractivity contribution in [3.05, 3.63) is 51.6 Å².